The standard InChI is InChI=1S/C11H14BrN3/c12-9-1-8(3-13-4-9)5-15-6-10-2-11(7-15)14-10/h1,3-4,10-11,14H,2,5-7H2. The van der Waals surface area contributed by atoms with Gasteiger partial charge in [-0.25, -0.2) is 0 Å². The van der Waals surface area contributed by atoms with Crippen LogP contribution in [0.4, 0.5) is 0 Å². The Hall–Kier alpha value is -0.450. The summed E-state index contributed by atoms with van der Waals surface area (Å²) in [6.45, 7) is 3.40. The van der Waals surface area contributed by atoms with Gasteiger partial charge in [-0.2, -0.15) is 0 Å². The minimum atomic E-state index is 0.740. The summed E-state index contributed by atoms with van der Waals surface area (Å²) in [6.07, 6.45) is 5.16. The average molecular weight is 268 g/mol. The molecule has 3 saturated heterocycles. The van der Waals surface area contributed by atoms with Crippen molar-refractivity contribution in [1.82, 2.24) is 15.2 Å². The second kappa shape index (κ2) is 3.85. The number of piperazine rings is 1. The summed E-state index contributed by atoms with van der Waals surface area (Å²) in [5.41, 5.74) is 1.30. The van der Waals surface area contributed by atoms with Crippen LogP contribution in [-0.4, -0.2) is 35.1 Å². The molecule has 3 nitrogen and oxygen atoms in total. The Morgan fingerprint density at radius 3 is 2.80 bits per heavy atom. The van der Waals surface area contributed by atoms with Crippen LogP contribution < -0.4 is 5.32 Å². The maximum absolute atomic E-state index is 4.19. The Labute approximate surface area is 98.0 Å². The van der Waals surface area contributed by atoms with E-state index in [9.17, 15) is 0 Å². The van der Waals surface area contributed by atoms with E-state index in [4.69, 9.17) is 0 Å². The first-order valence-electron chi connectivity index (χ1n) is 5.37. The van der Waals surface area contributed by atoms with Gasteiger partial charge in [0.05, 0.1) is 0 Å². The van der Waals surface area contributed by atoms with Crippen molar-refractivity contribution in [2.45, 2.75) is 25.0 Å². The molecule has 0 aromatic carbocycles. The molecule has 4 rings (SSSR count). The largest absolute Gasteiger partial charge is 0.309 e. The van der Waals surface area contributed by atoms with Crippen molar-refractivity contribution in [3.05, 3.63) is 28.5 Å². The van der Waals surface area contributed by atoms with E-state index in [1.54, 1.807) is 0 Å². The van der Waals surface area contributed by atoms with Crippen LogP contribution >= 0.6 is 15.9 Å². The second-order valence-electron chi connectivity index (χ2n) is 4.50. The monoisotopic (exact) mass is 267 g/mol. The van der Waals surface area contributed by atoms with Crippen molar-refractivity contribution in [3.8, 4) is 0 Å². The van der Waals surface area contributed by atoms with Gasteiger partial charge < -0.3 is 5.32 Å². The minimum Gasteiger partial charge on any atom is -0.309 e. The highest BCUT2D eigenvalue weighted by Gasteiger charge is 2.36. The van der Waals surface area contributed by atoms with E-state index in [1.165, 1.54) is 25.1 Å². The van der Waals surface area contributed by atoms with Crippen LogP contribution in [0.15, 0.2) is 22.9 Å². The van der Waals surface area contributed by atoms with Gasteiger partial charge in [-0.15, -0.1) is 0 Å². The van der Waals surface area contributed by atoms with Gasteiger partial charge in [0.2, 0.25) is 0 Å². The Morgan fingerprint density at radius 2 is 2.13 bits per heavy atom. The number of halogens is 1. The number of nitrogens with zero attached hydrogens (tertiary/aromatic N) is 2. The molecular weight excluding hydrogens is 254 g/mol. The van der Waals surface area contributed by atoms with Crippen LogP contribution in [0.5, 0.6) is 0 Å². The van der Waals surface area contributed by atoms with E-state index < -0.39 is 0 Å². The van der Waals surface area contributed by atoms with Crippen LogP contribution in [0.1, 0.15) is 12.0 Å². The number of piperidine rings is 1. The first-order valence-corrected chi connectivity index (χ1v) is 6.17. The van der Waals surface area contributed by atoms with Gasteiger partial charge in [-0.1, -0.05) is 0 Å². The highest BCUT2D eigenvalue weighted by atomic mass is 79.9. The molecule has 15 heavy (non-hydrogen) atoms. The zero-order chi connectivity index (χ0) is 10.3. The van der Waals surface area contributed by atoms with E-state index in [0.29, 0.717) is 0 Å². The maximum atomic E-state index is 4.19. The van der Waals surface area contributed by atoms with E-state index >= 15 is 0 Å². The SMILES string of the molecule is Brc1cncc(CN2CC3CC(C2)N3)c1. The molecule has 4 heterocycles. The molecule has 3 aliphatic rings. The molecule has 4 heteroatoms. The second-order valence-corrected chi connectivity index (χ2v) is 5.42. The smallest absolute Gasteiger partial charge is 0.0410 e. The van der Waals surface area contributed by atoms with Gasteiger partial charge in [-0.05, 0) is 34.0 Å². The molecule has 0 radical (unpaired) electrons. The fourth-order valence-corrected chi connectivity index (χ4v) is 2.95. The lowest BCUT2D eigenvalue weighted by molar-refractivity contribution is 0.0725. The molecular formula is C11H14BrN3. The Kier molecular flexibility index (Phi) is 2.50. The fourth-order valence-electron chi connectivity index (χ4n) is 2.53. The lowest BCUT2D eigenvalue weighted by Gasteiger charge is -2.48. The summed E-state index contributed by atoms with van der Waals surface area (Å²) in [6, 6.07) is 3.63. The van der Waals surface area contributed by atoms with Crippen LogP contribution in [0.2, 0.25) is 0 Å². The highest BCUT2D eigenvalue weighted by Crippen LogP contribution is 2.22. The summed E-state index contributed by atoms with van der Waals surface area (Å²) in [5, 5.41) is 3.54. The van der Waals surface area contributed by atoms with Crippen LogP contribution in [0.3, 0.4) is 0 Å². The van der Waals surface area contributed by atoms with Crippen molar-refractivity contribution in [2.24, 2.45) is 0 Å². The third-order valence-electron chi connectivity index (χ3n) is 3.17. The number of nitrogens with one attached hydrogen (secondary N) is 1. The molecule has 0 saturated carbocycles. The van der Waals surface area contributed by atoms with E-state index in [2.05, 4.69) is 37.2 Å². The number of pyridine rings is 1. The van der Waals surface area contributed by atoms with Crippen LogP contribution in [0, 0.1) is 0 Å². The zero-order valence-electron chi connectivity index (χ0n) is 8.49. The molecule has 1 aromatic rings. The third-order valence-corrected chi connectivity index (χ3v) is 3.60. The van der Waals surface area contributed by atoms with Gasteiger partial charge in [0, 0.05) is 48.6 Å². The van der Waals surface area contributed by atoms with E-state index in [0.717, 1.165) is 23.1 Å². The average Bonchev–Trinajstić information content (AvgIpc) is 2.16. The van der Waals surface area contributed by atoms with E-state index in [-0.39, 0.29) is 0 Å². The molecule has 0 aliphatic carbocycles. The van der Waals surface area contributed by atoms with E-state index in [1.807, 2.05) is 12.4 Å². The molecule has 3 aliphatic heterocycles. The van der Waals surface area contributed by atoms with Gasteiger partial charge in [0.25, 0.3) is 0 Å². The third kappa shape index (κ3) is 2.07. The maximum Gasteiger partial charge on any atom is 0.0410 e. The summed E-state index contributed by atoms with van der Waals surface area (Å²) in [5.74, 6) is 0. The van der Waals surface area contributed by atoms with Crippen molar-refractivity contribution in [1.29, 1.82) is 0 Å². The lowest BCUT2D eigenvalue weighted by Crippen LogP contribution is -2.66. The van der Waals surface area contributed by atoms with Gasteiger partial charge in [-0.3, -0.25) is 9.88 Å². The number of fused-ring (bicyclic) bond motifs is 2. The summed E-state index contributed by atoms with van der Waals surface area (Å²) in [7, 11) is 0. The lowest BCUT2D eigenvalue weighted by atomic mass is 9.91. The summed E-state index contributed by atoms with van der Waals surface area (Å²) >= 11 is 3.45. The number of aromatic nitrogens is 1. The number of hydrogen-bond donors (Lipinski definition) is 1. The molecule has 0 spiro atoms. The molecule has 1 N–H and O–H groups in total. The predicted molar refractivity (Wildman–Crippen MR) is 62.5 cm³/mol. The molecule has 2 atom stereocenters. The zero-order valence-corrected chi connectivity index (χ0v) is 10.1. The molecule has 1 aromatic heterocycles. The van der Waals surface area contributed by atoms with Gasteiger partial charge >= 0.3 is 0 Å². The normalized spacial score (nSPS) is 29.9. The molecule has 80 valence electrons. The highest BCUT2D eigenvalue weighted by molar-refractivity contribution is 9.10. The molecule has 3 fully saturated rings. The topological polar surface area (TPSA) is 28.2 Å². The minimum absolute atomic E-state index is 0.740. The fraction of sp³-hybridized carbons (Fsp3) is 0.545. The Balaban J connectivity index is 1.65. The predicted octanol–water partition coefficient (Wildman–Crippen LogP) is 1.39. The number of hydrogen-bond acceptors (Lipinski definition) is 3. The van der Waals surface area contributed by atoms with Crippen molar-refractivity contribution in [3.63, 3.8) is 0 Å². The Bertz CT molecular complexity index is 353. The van der Waals surface area contributed by atoms with Gasteiger partial charge in [0.15, 0.2) is 0 Å². The van der Waals surface area contributed by atoms with Gasteiger partial charge in [0.1, 0.15) is 0 Å². The summed E-state index contributed by atoms with van der Waals surface area (Å²) < 4.78 is 1.07. The van der Waals surface area contributed by atoms with Crippen molar-refractivity contribution >= 4 is 15.9 Å². The first kappa shape index (κ1) is 9.75. The molecule has 0 amide bonds. The quantitative estimate of drug-likeness (QED) is 0.878. The van der Waals surface area contributed by atoms with Crippen molar-refractivity contribution in [2.75, 3.05) is 13.1 Å². The van der Waals surface area contributed by atoms with Crippen LogP contribution in [-0.2, 0) is 6.54 Å². The van der Waals surface area contributed by atoms with Crippen molar-refractivity contribution < 1.29 is 0 Å². The molecule has 2 unspecified atom stereocenters. The van der Waals surface area contributed by atoms with Crippen LogP contribution in [0.25, 0.3) is 0 Å². The number of rotatable bonds is 2. The Morgan fingerprint density at radius 1 is 1.40 bits per heavy atom. The summed E-state index contributed by atoms with van der Waals surface area (Å²) in [4.78, 5) is 6.70. The molecule has 2 bridgehead atoms. The first-order chi connectivity index (χ1) is 7.29.